The fraction of sp³-hybridized carbons (Fsp3) is 0.524. The molecular formula is C21H26N6O2. The predicted octanol–water partition coefficient (Wildman–Crippen LogP) is 1.74. The van der Waals surface area contributed by atoms with Gasteiger partial charge in [-0.05, 0) is 51.2 Å². The maximum Gasteiger partial charge on any atom is 0.350 e. The first kappa shape index (κ1) is 18.1. The lowest BCUT2D eigenvalue weighted by Gasteiger charge is -2.21. The second-order valence-electron chi connectivity index (χ2n) is 8.10. The van der Waals surface area contributed by atoms with Crippen molar-refractivity contribution < 1.29 is 4.79 Å². The van der Waals surface area contributed by atoms with E-state index in [2.05, 4.69) is 16.6 Å². The van der Waals surface area contributed by atoms with Crippen molar-refractivity contribution >= 4 is 11.6 Å². The third-order valence-electron chi connectivity index (χ3n) is 6.25. The number of nitrogens with zero attached hydrogens (tertiary/aromatic N) is 6. The van der Waals surface area contributed by atoms with Crippen LogP contribution in [0.5, 0.6) is 0 Å². The van der Waals surface area contributed by atoms with E-state index in [0.717, 1.165) is 38.2 Å². The largest absolute Gasteiger partial charge is 0.350 e. The lowest BCUT2D eigenvalue weighted by Crippen LogP contribution is -2.31. The summed E-state index contributed by atoms with van der Waals surface area (Å²) in [5, 5.41) is 4.31. The van der Waals surface area contributed by atoms with Gasteiger partial charge in [-0.2, -0.15) is 0 Å². The summed E-state index contributed by atoms with van der Waals surface area (Å²) in [6.45, 7) is 3.87. The molecule has 0 radical (unpaired) electrons. The Balaban J connectivity index is 1.26. The number of amides is 1. The van der Waals surface area contributed by atoms with Crippen molar-refractivity contribution in [2.24, 2.45) is 0 Å². The van der Waals surface area contributed by atoms with E-state index in [-0.39, 0.29) is 18.0 Å². The van der Waals surface area contributed by atoms with Crippen molar-refractivity contribution in [3.8, 4) is 0 Å². The number of aryl methyl sites for hydroxylation is 3. The molecule has 1 saturated heterocycles. The summed E-state index contributed by atoms with van der Waals surface area (Å²) < 4.78 is 5.27. The number of hydrogen-bond donors (Lipinski definition) is 0. The Kier molecular flexibility index (Phi) is 4.49. The van der Waals surface area contributed by atoms with Crippen LogP contribution in [-0.2, 0) is 24.2 Å². The molecular weight excluding hydrogens is 368 g/mol. The van der Waals surface area contributed by atoms with E-state index < -0.39 is 0 Å². The number of hydrogen-bond acceptors (Lipinski definition) is 4. The Labute approximate surface area is 168 Å². The van der Waals surface area contributed by atoms with E-state index in [1.165, 1.54) is 33.3 Å². The smallest absolute Gasteiger partial charge is 0.340 e. The van der Waals surface area contributed by atoms with Gasteiger partial charge in [0.05, 0.1) is 18.3 Å². The molecule has 0 bridgehead atoms. The Morgan fingerprint density at radius 3 is 2.97 bits per heavy atom. The number of fused-ring (bicyclic) bond motifs is 2. The highest BCUT2D eigenvalue weighted by molar-refractivity contribution is 5.76. The van der Waals surface area contributed by atoms with Crippen molar-refractivity contribution in [3.05, 3.63) is 52.1 Å². The number of likely N-dealkylation sites (tertiary alicyclic amines) is 1. The summed E-state index contributed by atoms with van der Waals surface area (Å²) in [7, 11) is 0. The van der Waals surface area contributed by atoms with Gasteiger partial charge in [-0.25, -0.2) is 14.5 Å². The van der Waals surface area contributed by atoms with Crippen molar-refractivity contribution in [2.75, 3.05) is 13.1 Å². The van der Waals surface area contributed by atoms with Crippen molar-refractivity contribution in [1.82, 2.24) is 28.6 Å². The van der Waals surface area contributed by atoms with Gasteiger partial charge in [0.15, 0.2) is 5.65 Å². The fourth-order valence-corrected chi connectivity index (χ4v) is 4.84. The average Bonchev–Trinajstić information content (AvgIpc) is 3.41. The third kappa shape index (κ3) is 3.16. The summed E-state index contributed by atoms with van der Waals surface area (Å²) in [6, 6.07) is 5.75. The zero-order valence-electron chi connectivity index (χ0n) is 16.8. The molecule has 1 aliphatic heterocycles. The number of imidazole rings is 1. The normalized spacial score (nSPS) is 19.1. The average molecular weight is 394 g/mol. The number of carbonyl (C=O) groups is 1. The van der Waals surface area contributed by atoms with Crippen LogP contribution < -0.4 is 5.69 Å². The molecule has 1 unspecified atom stereocenters. The molecule has 4 heterocycles. The molecule has 1 atom stereocenters. The number of rotatable bonds is 4. The topological polar surface area (TPSA) is 77.4 Å². The highest BCUT2D eigenvalue weighted by atomic mass is 16.2. The minimum Gasteiger partial charge on any atom is -0.340 e. The molecule has 152 valence electrons. The lowest BCUT2D eigenvalue weighted by atomic mass is 10.0. The van der Waals surface area contributed by atoms with E-state index in [9.17, 15) is 9.59 Å². The van der Waals surface area contributed by atoms with E-state index in [1.54, 1.807) is 18.3 Å². The summed E-state index contributed by atoms with van der Waals surface area (Å²) in [4.78, 5) is 31.9. The molecule has 8 nitrogen and oxygen atoms in total. The quantitative estimate of drug-likeness (QED) is 0.675. The summed E-state index contributed by atoms with van der Waals surface area (Å²) >= 11 is 0. The number of pyridine rings is 1. The summed E-state index contributed by atoms with van der Waals surface area (Å²) in [6.07, 6.45) is 7.57. The molecule has 3 aromatic heterocycles. The van der Waals surface area contributed by atoms with Gasteiger partial charge in [-0.3, -0.25) is 9.20 Å². The van der Waals surface area contributed by atoms with Crippen molar-refractivity contribution in [1.29, 1.82) is 0 Å². The second-order valence-corrected chi connectivity index (χ2v) is 8.10. The maximum absolute atomic E-state index is 12.8. The van der Waals surface area contributed by atoms with E-state index in [1.807, 2.05) is 11.0 Å². The van der Waals surface area contributed by atoms with Crippen LogP contribution in [0.15, 0.2) is 29.2 Å². The summed E-state index contributed by atoms with van der Waals surface area (Å²) in [5.41, 5.74) is 3.04. The zero-order valence-corrected chi connectivity index (χ0v) is 16.8. The molecule has 0 saturated carbocycles. The van der Waals surface area contributed by atoms with E-state index >= 15 is 0 Å². The Bertz CT molecular complexity index is 1120. The minimum atomic E-state index is -0.201. The molecule has 0 spiro atoms. The summed E-state index contributed by atoms with van der Waals surface area (Å²) in [5.74, 6) is 1.16. The standard InChI is InChI=1S/C21H26N6O2/c1-15-22-17-6-2-3-7-18(17)27(15)16-9-12-24(14-16)20(28)10-13-26-21(29)25-11-5-4-8-19(25)23-26/h4-5,8,11,16H,2-3,6-7,9-10,12-14H2,1H3. The SMILES string of the molecule is Cc1nc2c(n1C1CCN(C(=O)CCn3nc4ccccn4c3=O)C1)CCCC2. The maximum atomic E-state index is 12.8. The van der Waals surface area contributed by atoms with Crippen LogP contribution in [0.1, 0.15) is 48.9 Å². The first-order valence-corrected chi connectivity index (χ1v) is 10.5. The second kappa shape index (κ2) is 7.17. The van der Waals surface area contributed by atoms with Gasteiger partial charge in [-0.15, -0.1) is 5.10 Å². The van der Waals surface area contributed by atoms with Gasteiger partial charge in [0.2, 0.25) is 5.91 Å². The minimum absolute atomic E-state index is 0.0862. The van der Waals surface area contributed by atoms with Crippen LogP contribution in [0.3, 0.4) is 0 Å². The highest BCUT2D eigenvalue weighted by Gasteiger charge is 2.31. The van der Waals surface area contributed by atoms with Crippen LogP contribution in [0.4, 0.5) is 0 Å². The van der Waals surface area contributed by atoms with Gasteiger partial charge in [0.25, 0.3) is 0 Å². The number of aromatic nitrogens is 5. The van der Waals surface area contributed by atoms with Gasteiger partial charge < -0.3 is 9.47 Å². The molecule has 0 aromatic carbocycles. The fourth-order valence-electron chi connectivity index (χ4n) is 4.84. The van der Waals surface area contributed by atoms with Crippen LogP contribution in [0, 0.1) is 6.92 Å². The van der Waals surface area contributed by atoms with Crippen molar-refractivity contribution in [2.45, 2.75) is 58.0 Å². The number of carbonyl (C=O) groups excluding carboxylic acids is 1. The van der Waals surface area contributed by atoms with Crippen molar-refractivity contribution in [3.63, 3.8) is 0 Å². The van der Waals surface area contributed by atoms with Crippen LogP contribution in [-0.4, -0.2) is 47.6 Å². The molecule has 2 aliphatic rings. The molecule has 1 amide bonds. The van der Waals surface area contributed by atoms with Crippen LogP contribution >= 0.6 is 0 Å². The first-order chi connectivity index (χ1) is 14.1. The Morgan fingerprint density at radius 2 is 2.10 bits per heavy atom. The van der Waals surface area contributed by atoms with Gasteiger partial charge >= 0.3 is 5.69 Å². The van der Waals surface area contributed by atoms with Gasteiger partial charge in [0, 0.05) is 31.4 Å². The molecule has 29 heavy (non-hydrogen) atoms. The highest BCUT2D eigenvalue weighted by Crippen LogP contribution is 2.30. The molecule has 5 rings (SSSR count). The molecule has 0 N–H and O–H groups in total. The predicted molar refractivity (Wildman–Crippen MR) is 108 cm³/mol. The van der Waals surface area contributed by atoms with Crippen LogP contribution in [0.2, 0.25) is 0 Å². The Hall–Kier alpha value is -2.90. The monoisotopic (exact) mass is 394 g/mol. The van der Waals surface area contributed by atoms with E-state index in [0.29, 0.717) is 18.2 Å². The third-order valence-corrected chi connectivity index (χ3v) is 6.25. The van der Waals surface area contributed by atoms with E-state index in [4.69, 9.17) is 4.98 Å². The Morgan fingerprint density at radius 1 is 1.24 bits per heavy atom. The molecule has 1 aliphatic carbocycles. The first-order valence-electron chi connectivity index (χ1n) is 10.5. The molecule has 8 heteroatoms. The zero-order chi connectivity index (χ0) is 20.0. The van der Waals surface area contributed by atoms with Gasteiger partial charge in [0.1, 0.15) is 5.82 Å². The molecule has 3 aromatic rings. The van der Waals surface area contributed by atoms with Gasteiger partial charge in [-0.1, -0.05) is 6.07 Å². The lowest BCUT2D eigenvalue weighted by molar-refractivity contribution is -0.130. The van der Waals surface area contributed by atoms with Crippen LogP contribution in [0.25, 0.3) is 5.65 Å². The molecule has 1 fully saturated rings.